The summed E-state index contributed by atoms with van der Waals surface area (Å²) in [6, 6.07) is 12.2. The van der Waals surface area contributed by atoms with E-state index in [4.69, 9.17) is 4.74 Å². The maximum absolute atomic E-state index is 10.5. The zero-order valence-electron chi connectivity index (χ0n) is 11.4. The third kappa shape index (κ3) is 3.35. The molecule has 116 valence electrons. The van der Waals surface area contributed by atoms with Crippen LogP contribution in [0.25, 0.3) is 16.7 Å². The second kappa shape index (κ2) is 6.73. The van der Waals surface area contributed by atoms with Crippen molar-refractivity contribution >= 4 is 40.4 Å². The lowest BCUT2D eigenvalue weighted by Crippen LogP contribution is -2.03. The van der Waals surface area contributed by atoms with Crippen LogP contribution in [0.3, 0.4) is 0 Å². The van der Waals surface area contributed by atoms with Crippen LogP contribution in [0, 0.1) is 0 Å². The van der Waals surface area contributed by atoms with Gasteiger partial charge in [-0.1, -0.05) is 0 Å². The van der Waals surface area contributed by atoms with E-state index < -0.39 is 11.3 Å². The molecule has 0 bridgehead atoms. The average Bonchev–Trinajstić information content (AvgIpc) is 2.90. The second-order valence-electron chi connectivity index (χ2n) is 4.23. The van der Waals surface area contributed by atoms with Crippen LogP contribution in [0.4, 0.5) is 5.69 Å². The summed E-state index contributed by atoms with van der Waals surface area (Å²) in [4.78, 5) is 1.49. The first-order valence-electron chi connectivity index (χ1n) is 6.03. The number of fused-ring (bicyclic) bond motifs is 1. The molecule has 9 heteroatoms. The molecule has 0 saturated carbocycles. The molecular formula is C13H12ClN4O3S-. The van der Waals surface area contributed by atoms with E-state index in [0.29, 0.717) is 11.4 Å². The molecule has 1 atom stereocenters. The van der Waals surface area contributed by atoms with Crippen LogP contribution in [0.2, 0.25) is 0 Å². The molecule has 1 unspecified atom stereocenters. The lowest BCUT2D eigenvalue weighted by atomic mass is 10.3. The van der Waals surface area contributed by atoms with E-state index in [1.807, 2.05) is 12.1 Å². The molecule has 2 aromatic carbocycles. The van der Waals surface area contributed by atoms with Gasteiger partial charge in [-0.2, -0.15) is 4.80 Å². The Morgan fingerprint density at radius 2 is 1.82 bits per heavy atom. The zero-order valence-corrected chi connectivity index (χ0v) is 13.1. The van der Waals surface area contributed by atoms with Crippen LogP contribution in [0.5, 0.6) is 5.75 Å². The van der Waals surface area contributed by atoms with E-state index >= 15 is 0 Å². The van der Waals surface area contributed by atoms with Crippen LogP contribution in [-0.4, -0.2) is 30.9 Å². The van der Waals surface area contributed by atoms with Crippen molar-refractivity contribution in [2.75, 3.05) is 11.8 Å². The number of benzene rings is 2. The minimum absolute atomic E-state index is 0. The van der Waals surface area contributed by atoms with E-state index in [2.05, 4.69) is 14.9 Å². The lowest BCUT2D eigenvalue weighted by molar-refractivity contribution is 0.415. The largest absolute Gasteiger partial charge is 0.755 e. The Labute approximate surface area is 135 Å². The zero-order chi connectivity index (χ0) is 14.8. The van der Waals surface area contributed by atoms with Gasteiger partial charge in [-0.25, -0.2) is 0 Å². The standard InChI is InChI=1S/C13H12N4O3S.ClH/c1-20-11-6-7-12-13(8-11)15-17(14-12)10-4-2-9(3-5-10)16-21(18)19;/h2-8,16H,1H3,(H,18,19);1H/p-1. The van der Waals surface area contributed by atoms with Crippen LogP contribution in [0.15, 0.2) is 42.5 Å². The Kier molecular flexibility index (Phi) is 4.96. The van der Waals surface area contributed by atoms with Crippen molar-refractivity contribution in [1.82, 2.24) is 15.0 Å². The van der Waals surface area contributed by atoms with Gasteiger partial charge in [0.2, 0.25) is 0 Å². The number of ether oxygens (including phenoxy) is 1. The highest BCUT2D eigenvalue weighted by atomic mass is 35.5. The predicted molar refractivity (Wildman–Crippen MR) is 85.2 cm³/mol. The van der Waals surface area contributed by atoms with Crippen molar-refractivity contribution in [2.24, 2.45) is 0 Å². The summed E-state index contributed by atoms with van der Waals surface area (Å²) in [5, 5.41) is 8.72. The van der Waals surface area contributed by atoms with Crippen molar-refractivity contribution in [3.05, 3.63) is 42.5 Å². The van der Waals surface area contributed by atoms with Gasteiger partial charge < -0.3 is 14.0 Å². The van der Waals surface area contributed by atoms with Gasteiger partial charge in [0.25, 0.3) is 0 Å². The number of halogens is 1. The van der Waals surface area contributed by atoms with Crippen molar-refractivity contribution in [3.63, 3.8) is 0 Å². The molecule has 1 aromatic heterocycles. The molecule has 0 spiro atoms. The van der Waals surface area contributed by atoms with Gasteiger partial charge >= 0.3 is 0 Å². The highest BCUT2D eigenvalue weighted by molar-refractivity contribution is 7.80. The number of nitrogens with zero attached hydrogens (tertiary/aromatic N) is 3. The second-order valence-corrected chi connectivity index (χ2v) is 4.90. The maximum atomic E-state index is 10.5. The molecule has 1 N–H and O–H groups in total. The molecule has 0 amide bonds. The third-order valence-electron chi connectivity index (χ3n) is 2.89. The molecule has 0 aliphatic rings. The van der Waals surface area contributed by atoms with Gasteiger partial charge in [-0.3, -0.25) is 4.21 Å². The minimum Gasteiger partial charge on any atom is -0.755 e. The number of hydrogen-bond donors (Lipinski definition) is 1. The SMILES string of the molecule is COc1ccc2nn(-c3ccc(NS(=O)[O-])cc3)nc2c1.Cl. The summed E-state index contributed by atoms with van der Waals surface area (Å²) >= 11 is -2.34. The van der Waals surface area contributed by atoms with Crippen LogP contribution in [0.1, 0.15) is 0 Å². The smallest absolute Gasteiger partial charge is 0.121 e. The van der Waals surface area contributed by atoms with Gasteiger partial charge in [0, 0.05) is 23.0 Å². The minimum atomic E-state index is -2.34. The normalized spacial score (nSPS) is 11.7. The first-order valence-corrected chi connectivity index (χ1v) is 7.10. The Morgan fingerprint density at radius 3 is 2.45 bits per heavy atom. The van der Waals surface area contributed by atoms with Crippen molar-refractivity contribution in [2.45, 2.75) is 0 Å². The van der Waals surface area contributed by atoms with Gasteiger partial charge in [0.15, 0.2) is 0 Å². The number of rotatable bonds is 4. The van der Waals surface area contributed by atoms with Crippen molar-refractivity contribution in [1.29, 1.82) is 0 Å². The molecule has 0 saturated heterocycles. The third-order valence-corrected chi connectivity index (χ3v) is 3.29. The number of anilines is 1. The Balaban J connectivity index is 0.00000176. The van der Waals surface area contributed by atoms with Crippen LogP contribution >= 0.6 is 12.4 Å². The molecule has 1 heterocycles. The average molecular weight is 340 g/mol. The fourth-order valence-corrected chi connectivity index (χ4v) is 2.22. The number of nitrogens with one attached hydrogen (secondary N) is 1. The van der Waals surface area contributed by atoms with Crippen LogP contribution < -0.4 is 9.46 Å². The summed E-state index contributed by atoms with van der Waals surface area (Å²) in [7, 11) is 1.59. The van der Waals surface area contributed by atoms with E-state index in [0.717, 1.165) is 16.7 Å². The number of methoxy groups -OCH3 is 1. The van der Waals surface area contributed by atoms with E-state index in [1.54, 1.807) is 37.4 Å². The van der Waals surface area contributed by atoms with E-state index in [-0.39, 0.29) is 12.4 Å². The van der Waals surface area contributed by atoms with Gasteiger partial charge in [0.05, 0.1) is 12.8 Å². The maximum Gasteiger partial charge on any atom is 0.121 e. The fraction of sp³-hybridized carbons (Fsp3) is 0.0769. The van der Waals surface area contributed by atoms with Gasteiger partial charge in [-0.15, -0.1) is 22.6 Å². The molecule has 22 heavy (non-hydrogen) atoms. The first kappa shape index (κ1) is 16.2. The number of aromatic nitrogens is 3. The quantitative estimate of drug-likeness (QED) is 0.734. The molecular weight excluding hydrogens is 328 g/mol. The highest BCUT2D eigenvalue weighted by Gasteiger charge is 2.06. The predicted octanol–water partition coefficient (Wildman–Crippen LogP) is 2.06. The highest BCUT2D eigenvalue weighted by Crippen LogP contribution is 2.19. The summed E-state index contributed by atoms with van der Waals surface area (Å²) < 4.78 is 28.5. The van der Waals surface area contributed by atoms with Crippen molar-refractivity contribution in [3.8, 4) is 11.4 Å². The summed E-state index contributed by atoms with van der Waals surface area (Å²) in [5.41, 5.74) is 2.67. The molecule has 0 aliphatic heterocycles. The summed E-state index contributed by atoms with van der Waals surface area (Å²) in [6.07, 6.45) is 0. The molecule has 7 nitrogen and oxygen atoms in total. The summed E-state index contributed by atoms with van der Waals surface area (Å²) in [5.74, 6) is 0.715. The molecule has 0 radical (unpaired) electrons. The lowest BCUT2D eigenvalue weighted by Gasteiger charge is -2.08. The van der Waals surface area contributed by atoms with Gasteiger partial charge in [0.1, 0.15) is 16.8 Å². The Bertz CT molecular complexity index is 807. The van der Waals surface area contributed by atoms with Gasteiger partial charge in [-0.05, 0) is 36.4 Å². The Hall–Kier alpha value is -2.16. The molecule has 0 aliphatic carbocycles. The van der Waals surface area contributed by atoms with Crippen LogP contribution in [-0.2, 0) is 11.3 Å². The van der Waals surface area contributed by atoms with E-state index in [9.17, 15) is 8.76 Å². The molecule has 3 rings (SSSR count). The van der Waals surface area contributed by atoms with E-state index in [1.165, 1.54) is 4.80 Å². The fourth-order valence-electron chi connectivity index (χ4n) is 1.90. The Morgan fingerprint density at radius 1 is 1.14 bits per heavy atom. The van der Waals surface area contributed by atoms with Crippen molar-refractivity contribution < 1.29 is 13.5 Å². The molecule has 3 aromatic rings. The topological polar surface area (TPSA) is 92.1 Å². The monoisotopic (exact) mass is 339 g/mol. The first-order chi connectivity index (χ1) is 10.2. The summed E-state index contributed by atoms with van der Waals surface area (Å²) in [6.45, 7) is 0. The number of hydrogen-bond acceptors (Lipinski definition) is 5. The molecule has 0 fully saturated rings.